The van der Waals surface area contributed by atoms with Crippen molar-refractivity contribution in [2.45, 2.75) is 45.6 Å². The van der Waals surface area contributed by atoms with Crippen molar-refractivity contribution in [1.82, 2.24) is 19.9 Å². The van der Waals surface area contributed by atoms with Gasteiger partial charge in [-0.2, -0.15) is 0 Å². The maximum atomic E-state index is 12.5. The molecule has 7 heteroatoms. The smallest absolute Gasteiger partial charge is 0.360 e. The van der Waals surface area contributed by atoms with Crippen molar-refractivity contribution in [3.63, 3.8) is 0 Å². The zero-order valence-electron chi connectivity index (χ0n) is 12.8. The molecular formula is C14H22N4O3. The summed E-state index contributed by atoms with van der Waals surface area (Å²) in [7, 11) is 1.31. The van der Waals surface area contributed by atoms with Gasteiger partial charge in [0.1, 0.15) is 6.04 Å². The summed E-state index contributed by atoms with van der Waals surface area (Å²) >= 11 is 0. The summed E-state index contributed by atoms with van der Waals surface area (Å²) in [5, 5.41) is 7.86. The number of nitrogens with zero attached hydrogens (tertiary/aromatic N) is 4. The normalized spacial score (nSPS) is 16.6. The van der Waals surface area contributed by atoms with Gasteiger partial charge >= 0.3 is 5.97 Å². The molecule has 1 unspecified atom stereocenters. The molecular weight excluding hydrogens is 272 g/mol. The Labute approximate surface area is 124 Å². The lowest BCUT2D eigenvalue weighted by molar-refractivity contribution is -0.135. The van der Waals surface area contributed by atoms with Crippen LogP contribution in [0.2, 0.25) is 0 Å². The number of amides is 1. The Morgan fingerprint density at radius 1 is 1.29 bits per heavy atom. The molecule has 0 radical (unpaired) electrons. The number of ether oxygens (including phenoxy) is 1. The molecule has 1 amide bonds. The Bertz CT molecular complexity index is 520. The van der Waals surface area contributed by atoms with Crippen molar-refractivity contribution in [2.75, 3.05) is 20.2 Å². The predicted molar refractivity (Wildman–Crippen MR) is 75.9 cm³/mol. The van der Waals surface area contributed by atoms with Gasteiger partial charge in [0.2, 0.25) is 5.91 Å². The van der Waals surface area contributed by atoms with Gasteiger partial charge < -0.3 is 9.64 Å². The first-order valence-electron chi connectivity index (χ1n) is 7.41. The van der Waals surface area contributed by atoms with Crippen LogP contribution in [0.15, 0.2) is 0 Å². The lowest BCUT2D eigenvalue weighted by Gasteiger charge is -2.29. The van der Waals surface area contributed by atoms with Gasteiger partial charge in [0.25, 0.3) is 0 Å². The van der Waals surface area contributed by atoms with Gasteiger partial charge in [-0.3, -0.25) is 4.79 Å². The van der Waals surface area contributed by atoms with Gasteiger partial charge in [-0.1, -0.05) is 12.1 Å². The largest absolute Gasteiger partial charge is 0.464 e. The van der Waals surface area contributed by atoms with Crippen LogP contribution in [-0.4, -0.2) is 52.0 Å². The summed E-state index contributed by atoms with van der Waals surface area (Å²) in [5.41, 5.74) is 0.831. The summed E-state index contributed by atoms with van der Waals surface area (Å²) in [5.74, 6) is -0.485. The highest BCUT2D eigenvalue weighted by molar-refractivity contribution is 5.88. The number of rotatable bonds is 4. The lowest BCUT2D eigenvalue weighted by atomic mass is 10.1. The molecule has 1 saturated heterocycles. The summed E-state index contributed by atoms with van der Waals surface area (Å²) in [4.78, 5) is 26.1. The number of likely N-dealkylation sites (tertiary alicyclic amines) is 1. The molecule has 0 saturated carbocycles. The third-order valence-corrected chi connectivity index (χ3v) is 3.90. The maximum absolute atomic E-state index is 12.5. The highest BCUT2D eigenvalue weighted by atomic mass is 16.5. The molecule has 21 heavy (non-hydrogen) atoms. The Balaban J connectivity index is 2.22. The van der Waals surface area contributed by atoms with Crippen LogP contribution in [-0.2, 0) is 16.0 Å². The van der Waals surface area contributed by atoms with Gasteiger partial charge in [-0.25, -0.2) is 9.48 Å². The fourth-order valence-corrected chi connectivity index (χ4v) is 2.69. The molecule has 7 nitrogen and oxygen atoms in total. The first-order valence-corrected chi connectivity index (χ1v) is 7.41. The second kappa shape index (κ2) is 6.69. The van der Waals surface area contributed by atoms with Crippen LogP contribution < -0.4 is 0 Å². The number of carbonyl (C=O) groups excluding carboxylic acids is 2. The summed E-state index contributed by atoms with van der Waals surface area (Å²) in [6.07, 6.45) is 3.83. The third-order valence-electron chi connectivity index (χ3n) is 3.90. The van der Waals surface area contributed by atoms with E-state index in [0.29, 0.717) is 12.1 Å². The van der Waals surface area contributed by atoms with E-state index < -0.39 is 12.0 Å². The Morgan fingerprint density at radius 3 is 2.52 bits per heavy atom. The first kappa shape index (κ1) is 15.5. The quantitative estimate of drug-likeness (QED) is 0.780. The molecule has 2 heterocycles. The van der Waals surface area contributed by atoms with E-state index in [1.807, 2.05) is 11.8 Å². The average Bonchev–Trinajstić information content (AvgIpc) is 2.97. The van der Waals surface area contributed by atoms with Gasteiger partial charge in [0, 0.05) is 13.1 Å². The van der Waals surface area contributed by atoms with Gasteiger partial charge in [-0.15, -0.1) is 5.10 Å². The van der Waals surface area contributed by atoms with Crippen LogP contribution in [0.25, 0.3) is 0 Å². The lowest BCUT2D eigenvalue weighted by Crippen LogP contribution is -2.40. The summed E-state index contributed by atoms with van der Waals surface area (Å²) < 4.78 is 6.24. The van der Waals surface area contributed by atoms with E-state index in [9.17, 15) is 9.59 Å². The molecule has 1 atom stereocenters. The zero-order valence-corrected chi connectivity index (χ0v) is 12.8. The average molecular weight is 294 g/mol. The van der Waals surface area contributed by atoms with Gasteiger partial charge in [-0.05, 0) is 32.6 Å². The molecule has 0 bridgehead atoms. The van der Waals surface area contributed by atoms with Crippen molar-refractivity contribution in [3.05, 3.63) is 11.4 Å². The molecule has 1 aliphatic heterocycles. The van der Waals surface area contributed by atoms with E-state index in [1.54, 1.807) is 11.6 Å². The monoisotopic (exact) mass is 294 g/mol. The van der Waals surface area contributed by atoms with Crippen LogP contribution in [0.3, 0.4) is 0 Å². The predicted octanol–water partition coefficient (Wildman–Crippen LogP) is 1.20. The second-order valence-electron chi connectivity index (χ2n) is 5.24. The number of hydrogen-bond acceptors (Lipinski definition) is 5. The minimum Gasteiger partial charge on any atom is -0.464 e. The van der Waals surface area contributed by atoms with Crippen molar-refractivity contribution in [2.24, 2.45) is 0 Å². The van der Waals surface area contributed by atoms with E-state index in [2.05, 4.69) is 10.3 Å². The molecule has 1 aromatic rings. The van der Waals surface area contributed by atoms with E-state index >= 15 is 0 Å². The molecule has 0 aliphatic carbocycles. The minimum absolute atomic E-state index is 0.0331. The number of piperidine rings is 1. The first-order chi connectivity index (χ1) is 10.1. The van der Waals surface area contributed by atoms with E-state index in [0.717, 1.165) is 25.9 Å². The zero-order chi connectivity index (χ0) is 15.4. The SMILES string of the molecule is CCc1c(C(=O)OC)nnn1C(C)C(=O)N1CCCCC1. The summed E-state index contributed by atoms with van der Waals surface area (Å²) in [6, 6.07) is -0.455. The fraction of sp³-hybridized carbons (Fsp3) is 0.714. The molecule has 116 valence electrons. The number of methoxy groups -OCH3 is 1. The highest BCUT2D eigenvalue weighted by Gasteiger charge is 2.28. The number of carbonyl (C=O) groups is 2. The number of esters is 1. The summed E-state index contributed by atoms with van der Waals surface area (Å²) in [6.45, 7) is 5.29. The van der Waals surface area contributed by atoms with Crippen LogP contribution in [0.4, 0.5) is 0 Å². The van der Waals surface area contributed by atoms with Crippen LogP contribution in [0, 0.1) is 0 Å². The third kappa shape index (κ3) is 3.06. The minimum atomic E-state index is -0.518. The molecule has 0 N–H and O–H groups in total. The van der Waals surface area contributed by atoms with E-state index in [1.165, 1.54) is 13.5 Å². The van der Waals surface area contributed by atoms with Gasteiger partial charge in [0.15, 0.2) is 5.69 Å². The standard InChI is InChI=1S/C14H22N4O3/c1-4-11-12(14(20)21-3)15-16-18(11)10(2)13(19)17-8-6-5-7-9-17/h10H,4-9H2,1-3H3. The van der Waals surface area contributed by atoms with Crippen LogP contribution >= 0.6 is 0 Å². The Morgan fingerprint density at radius 2 is 1.95 bits per heavy atom. The van der Waals surface area contributed by atoms with Crippen molar-refractivity contribution in [1.29, 1.82) is 0 Å². The number of hydrogen-bond donors (Lipinski definition) is 0. The van der Waals surface area contributed by atoms with Gasteiger partial charge in [0.05, 0.1) is 12.8 Å². The molecule has 2 rings (SSSR count). The van der Waals surface area contributed by atoms with E-state index in [4.69, 9.17) is 4.74 Å². The molecule has 1 fully saturated rings. The molecule has 0 aromatic carbocycles. The van der Waals surface area contributed by atoms with Crippen molar-refractivity contribution < 1.29 is 14.3 Å². The number of aromatic nitrogens is 3. The van der Waals surface area contributed by atoms with Crippen LogP contribution in [0.1, 0.15) is 55.3 Å². The fourth-order valence-electron chi connectivity index (χ4n) is 2.69. The van der Waals surface area contributed by atoms with E-state index in [-0.39, 0.29) is 11.6 Å². The van der Waals surface area contributed by atoms with Crippen molar-refractivity contribution in [3.8, 4) is 0 Å². The molecule has 1 aliphatic rings. The van der Waals surface area contributed by atoms with Crippen molar-refractivity contribution >= 4 is 11.9 Å². The second-order valence-corrected chi connectivity index (χ2v) is 5.24. The Hall–Kier alpha value is -1.92. The highest BCUT2D eigenvalue weighted by Crippen LogP contribution is 2.18. The topological polar surface area (TPSA) is 77.3 Å². The maximum Gasteiger partial charge on any atom is 0.360 e. The molecule has 1 aromatic heterocycles. The van der Waals surface area contributed by atoms with Crippen LogP contribution in [0.5, 0.6) is 0 Å². The Kier molecular flexibility index (Phi) is 4.93. The molecule has 0 spiro atoms.